The molecule has 1 nitrogen and oxygen atoms in total. The highest BCUT2D eigenvalue weighted by Gasteiger charge is 2.10. The Balaban J connectivity index is 2.85. The molecule has 1 heterocycles. The van der Waals surface area contributed by atoms with E-state index in [1.165, 1.54) is 22.2 Å². The van der Waals surface area contributed by atoms with E-state index in [2.05, 4.69) is 49.7 Å². The van der Waals surface area contributed by atoms with Crippen molar-refractivity contribution in [2.75, 3.05) is 0 Å². The number of fused-ring (bicyclic) bond motifs is 1. The predicted molar refractivity (Wildman–Crippen MR) is 61.7 cm³/mol. The number of aromatic nitrogens is 1. The van der Waals surface area contributed by atoms with Crippen molar-refractivity contribution in [2.24, 2.45) is 7.05 Å². The smallest absolute Gasteiger partial charge is 0.0250 e. The molecule has 0 spiro atoms. The van der Waals surface area contributed by atoms with Gasteiger partial charge in [0.25, 0.3) is 0 Å². The quantitative estimate of drug-likeness (QED) is 0.679. The first-order valence-corrected chi connectivity index (χ1v) is 5.34. The van der Waals surface area contributed by atoms with Gasteiger partial charge in [0.1, 0.15) is 0 Å². The second-order valence-electron chi connectivity index (χ2n) is 3.71. The van der Waals surface area contributed by atoms with Crippen LogP contribution in [-0.4, -0.2) is 4.57 Å². The Hall–Kier alpha value is -1.24. The standard InChI is InChI=1S/C13H17N/c1-4-12-10-8-6-7-9-11(10)13(5-2)14(12)3/h6-9H,4-5H2,1-3H3. The lowest BCUT2D eigenvalue weighted by Gasteiger charge is -2.03. The summed E-state index contributed by atoms with van der Waals surface area (Å²) in [5.41, 5.74) is 2.91. The molecule has 0 aliphatic carbocycles. The second kappa shape index (κ2) is 3.49. The van der Waals surface area contributed by atoms with Crippen LogP contribution in [0.3, 0.4) is 0 Å². The van der Waals surface area contributed by atoms with Crippen molar-refractivity contribution in [1.82, 2.24) is 4.57 Å². The van der Waals surface area contributed by atoms with Crippen LogP contribution in [-0.2, 0) is 19.9 Å². The van der Waals surface area contributed by atoms with Crippen molar-refractivity contribution < 1.29 is 0 Å². The van der Waals surface area contributed by atoms with Gasteiger partial charge in [-0.1, -0.05) is 38.1 Å². The van der Waals surface area contributed by atoms with Crippen molar-refractivity contribution in [3.05, 3.63) is 35.7 Å². The molecule has 2 aromatic rings. The normalized spacial score (nSPS) is 11.1. The zero-order valence-corrected chi connectivity index (χ0v) is 9.17. The molecule has 1 aromatic carbocycles. The third-order valence-corrected chi connectivity index (χ3v) is 3.03. The number of rotatable bonds is 2. The van der Waals surface area contributed by atoms with Crippen LogP contribution in [0.1, 0.15) is 25.2 Å². The van der Waals surface area contributed by atoms with Crippen molar-refractivity contribution in [3.63, 3.8) is 0 Å². The maximum atomic E-state index is 2.35. The lowest BCUT2D eigenvalue weighted by Crippen LogP contribution is -1.98. The molecule has 0 atom stereocenters. The third kappa shape index (κ3) is 1.16. The lowest BCUT2D eigenvalue weighted by molar-refractivity contribution is 0.787. The Labute approximate surface area is 85.4 Å². The molecule has 0 fully saturated rings. The number of aryl methyl sites for hydroxylation is 2. The summed E-state index contributed by atoms with van der Waals surface area (Å²) < 4.78 is 2.35. The van der Waals surface area contributed by atoms with E-state index in [-0.39, 0.29) is 0 Å². The van der Waals surface area contributed by atoms with Gasteiger partial charge in [-0.15, -0.1) is 0 Å². The van der Waals surface area contributed by atoms with Gasteiger partial charge in [-0.3, -0.25) is 0 Å². The first-order chi connectivity index (χ1) is 6.79. The first-order valence-electron chi connectivity index (χ1n) is 5.34. The minimum atomic E-state index is 1.11. The second-order valence-corrected chi connectivity index (χ2v) is 3.71. The predicted octanol–water partition coefficient (Wildman–Crippen LogP) is 3.30. The molecule has 0 bridgehead atoms. The molecule has 0 saturated carbocycles. The summed E-state index contributed by atoms with van der Waals surface area (Å²) in [6.45, 7) is 4.45. The van der Waals surface area contributed by atoms with Crippen LogP contribution in [0.2, 0.25) is 0 Å². The average molecular weight is 187 g/mol. The molecule has 0 N–H and O–H groups in total. The maximum absolute atomic E-state index is 2.35. The fourth-order valence-electron chi connectivity index (χ4n) is 2.37. The maximum Gasteiger partial charge on any atom is 0.0250 e. The molecule has 0 aliphatic heterocycles. The Bertz CT molecular complexity index is 410. The fourth-order valence-corrected chi connectivity index (χ4v) is 2.37. The molecule has 1 heteroatoms. The van der Waals surface area contributed by atoms with Gasteiger partial charge in [-0.05, 0) is 12.8 Å². The zero-order valence-electron chi connectivity index (χ0n) is 9.17. The van der Waals surface area contributed by atoms with Gasteiger partial charge in [0, 0.05) is 29.2 Å². The number of nitrogens with zero attached hydrogens (tertiary/aromatic N) is 1. The summed E-state index contributed by atoms with van der Waals surface area (Å²) in [5.74, 6) is 0. The Morgan fingerprint density at radius 2 is 1.36 bits per heavy atom. The highest BCUT2D eigenvalue weighted by molar-refractivity contribution is 5.88. The van der Waals surface area contributed by atoms with Crippen LogP contribution in [0.5, 0.6) is 0 Å². The van der Waals surface area contributed by atoms with Crippen LogP contribution < -0.4 is 0 Å². The van der Waals surface area contributed by atoms with Crippen LogP contribution in [0.25, 0.3) is 10.8 Å². The van der Waals surface area contributed by atoms with Crippen LogP contribution >= 0.6 is 0 Å². The summed E-state index contributed by atoms with van der Waals surface area (Å²) >= 11 is 0. The summed E-state index contributed by atoms with van der Waals surface area (Å²) in [6.07, 6.45) is 2.22. The summed E-state index contributed by atoms with van der Waals surface area (Å²) in [5, 5.41) is 2.85. The topological polar surface area (TPSA) is 4.93 Å². The Morgan fingerprint density at radius 1 is 0.929 bits per heavy atom. The van der Waals surface area contributed by atoms with Crippen molar-refractivity contribution in [1.29, 1.82) is 0 Å². The monoisotopic (exact) mass is 187 g/mol. The van der Waals surface area contributed by atoms with Crippen molar-refractivity contribution in [2.45, 2.75) is 26.7 Å². The summed E-state index contributed by atoms with van der Waals surface area (Å²) in [7, 11) is 2.18. The number of benzene rings is 1. The SMILES string of the molecule is CCc1c2ccccc2c(CC)n1C. The zero-order chi connectivity index (χ0) is 10.1. The van der Waals surface area contributed by atoms with Gasteiger partial charge >= 0.3 is 0 Å². The molecule has 74 valence electrons. The molecule has 0 aliphatic rings. The van der Waals surface area contributed by atoms with Gasteiger partial charge in [0.05, 0.1) is 0 Å². The highest BCUT2D eigenvalue weighted by Crippen LogP contribution is 2.25. The van der Waals surface area contributed by atoms with Crippen molar-refractivity contribution in [3.8, 4) is 0 Å². The minimum Gasteiger partial charge on any atom is -0.350 e. The number of hydrogen-bond donors (Lipinski definition) is 0. The Morgan fingerprint density at radius 3 is 1.71 bits per heavy atom. The molecular weight excluding hydrogens is 170 g/mol. The van der Waals surface area contributed by atoms with E-state index in [1.54, 1.807) is 0 Å². The largest absolute Gasteiger partial charge is 0.350 e. The van der Waals surface area contributed by atoms with Gasteiger partial charge in [-0.2, -0.15) is 0 Å². The van der Waals surface area contributed by atoms with Crippen molar-refractivity contribution >= 4 is 10.8 Å². The molecule has 14 heavy (non-hydrogen) atoms. The van der Waals surface area contributed by atoms with E-state index < -0.39 is 0 Å². The van der Waals surface area contributed by atoms with E-state index >= 15 is 0 Å². The van der Waals surface area contributed by atoms with E-state index in [9.17, 15) is 0 Å². The number of hydrogen-bond acceptors (Lipinski definition) is 0. The van der Waals surface area contributed by atoms with Gasteiger partial charge in [-0.25, -0.2) is 0 Å². The molecule has 0 saturated heterocycles. The summed E-state index contributed by atoms with van der Waals surface area (Å²) in [4.78, 5) is 0. The van der Waals surface area contributed by atoms with E-state index in [0.29, 0.717) is 0 Å². The van der Waals surface area contributed by atoms with Crippen LogP contribution in [0.15, 0.2) is 24.3 Å². The lowest BCUT2D eigenvalue weighted by atomic mass is 10.1. The van der Waals surface area contributed by atoms with Gasteiger partial charge in [0.2, 0.25) is 0 Å². The molecule has 1 aromatic heterocycles. The van der Waals surface area contributed by atoms with Crippen LogP contribution in [0.4, 0.5) is 0 Å². The van der Waals surface area contributed by atoms with Gasteiger partial charge < -0.3 is 4.57 Å². The fraction of sp³-hybridized carbons (Fsp3) is 0.385. The minimum absolute atomic E-state index is 1.11. The molecule has 2 rings (SSSR count). The van der Waals surface area contributed by atoms with Crippen LogP contribution in [0, 0.1) is 0 Å². The molecule has 0 radical (unpaired) electrons. The first kappa shape index (κ1) is 9.32. The third-order valence-electron chi connectivity index (χ3n) is 3.03. The van der Waals surface area contributed by atoms with E-state index in [1.807, 2.05) is 0 Å². The van der Waals surface area contributed by atoms with E-state index in [4.69, 9.17) is 0 Å². The average Bonchev–Trinajstić information content (AvgIpc) is 2.49. The summed E-state index contributed by atoms with van der Waals surface area (Å²) in [6, 6.07) is 8.71. The Kier molecular flexibility index (Phi) is 2.32. The highest BCUT2D eigenvalue weighted by atomic mass is 15.0. The van der Waals surface area contributed by atoms with E-state index in [0.717, 1.165) is 12.8 Å². The molecular formula is C13H17N. The molecule has 0 amide bonds. The van der Waals surface area contributed by atoms with Gasteiger partial charge in [0.15, 0.2) is 0 Å². The molecule has 0 unspecified atom stereocenters.